The van der Waals surface area contributed by atoms with E-state index < -0.39 is 0 Å². The highest BCUT2D eigenvalue weighted by Gasteiger charge is 2.60. The van der Waals surface area contributed by atoms with Gasteiger partial charge in [-0.3, -0.25) is 9.78 Å². The maximum Gasteiger partial charge on any atom is 0.274 e. The minimum absolute atomic E-state index is 0.0543. The van der Waals surface area contributed by atoms with Crippen molar-refractivity contribution >= 4 is 5.91 Å². The first-order valence-corrected chi connectivity index (χ1v) is 11.0. The summed E-state index contributed by atoms with van der Waals surface area (Å²) >= 11 is 0. The van der Waals surface area contributed by atoms with E-state index in [0.29, 0.717) is 11.7 Å². The monoisotopic (exact) mass is 390 g/mol. The van der Waals surface area contributed by atoms with Crippen molar-refractivity contribution in [3.63, 3.8) is 0 Å². The Labute approximate surface area is 172 Å². The minimum Gasteiger partial charge on any atom is -0.329 e. The number of hydrogen-bond donors (Lipinski definition) is 1. The maximum absolute atomic E-state index is 13.6. The third-order valence-electron chi connectivity index (χ3n) is 7.53. The fourth-order valence-corrected chi connectivity index (χ4v) is 6.06. The Bertz CT molecular complexity index is 884. The third kappa shape index (κ3) is 3.16. The van der Waals surface area contributed by atoms with Crippen LogP contribution in [0.3, 0.4) is 0 Å². The molecule has 1 N–H and O–H groups in total. The molecule has 5 rings (SSSR count). The van der Waals surface area contributed by atoms with Gasteiger partial charge in [0.1, 0.15) is 5.69 Å². The number of hydrogen-bond acceptors (Lipinski definition) is 4. The second-order valence-electron chi connectivity index (χ2n) is 9.35. The van der Waals surface area contributed by atoms with Crippen LogP contribution in [0.2, 0.25) is 0 Å². The van der Waals surface area contributed by atoms with E-state index >= 15 is 0 Å². The van der Waals surface area contributed by atoms with Gasteiger partial charge >= 0.3 is 0 Å². The lowest BCUT2D eigenvalue weighted by Gasteiger charge is -2.43. The third-order valence-corrected chi connectivity index (χ3v) is 7.53. The lowest BCUT2D eigenvalue weighted by Crippen LogP contribution is -2.57. The fraction of sp³-hybridized carbons (Fsp3) is 0.542. The second-order valence-corrected chi connectivity index (χ2v) is 9.35. The zero-order chi connectivity index (χ0) is 20.0. The highest BCUT2D eigenvalue weighted by Crippen LogP contribution is 2.52. The van der Waals surface area contributed by atoms with E-state index in [1.54, 1.807) is 12.4 Å². The Hall–Kier alpha value is -2.27. The molecule has 3 aliphatic rings. The number of fused-ring (bicyclic) bond motifs is 1. The average Bonchev–Trinajstić information content (AvgIpc) is 2.88. The molecule has 0 unspecified atom stereocenters. The van der Waals surface area contributed by atoms with Crippen molar-refractivity contribution in [1.82, 2.24) is 20.2 Å². The SMILES string of the molecule is Cc1cnc(C(=O)N2[C@H]3CCCC[C@H]4N[C@@H](Cc5ccccc5)[C@@H]2C[C@@]34C)cn1. The normalized spacial score (nSPS) is 33.4. The van der Waals surface area contributed by atoms with E-state index in [9.17, 15) is 4.79 Å². The standard InChI is InChI=1S/C24H30N4O/c1-16-14-26-19(15-25-16)23(29)28-20-13-24(2)21(10-6-7-11-22(24)28)27-18(20)12-17-8-4-3-5-9-17/h3-5,8-9,14-15,18,20-22,27H,6-7,10-13H2,1-2H3/t18-,20-,21+,22-,24+/m0/s1. The molecule has 0 spiro atoms. The summed E-state index contributed by atoms with van der Waals surface area (Å²) in [6.45, 7) is 4.31. The van der Waals surface area contributed by atoms with Crippen molar-refractivity contribution in [2.24, 2.45) is 5.41 Å². The van der Waals surface area contributed by atoms with Gasteiger partial charge in [0.2, 0.25) is 0 Å². The summed E-state index contributed by atoms with van der Waals surface area (Å²) in [4.78, 5) is 24.6. The Morgan fingerprint density at radius 2 is 1.97 bits per heavy atom. The topological polar surface area (TPSA) is 58.1 Å². The smallest absolute Gasteiger partial charge is 0.274 e. The molecule has 152 valence electrons. The van der Waals surface area contributed by atoms with Crippen molar-refractivity contribution in [2.45, 2.75) is 76.5 Å². The molecule has 1 aromatic carbocycles. The van der Waals surface area contributed by atoms with E-state index in [4.69, 9.17) is 0 Å². The molecule has 1 saturated carbocycles. The number of aromatic nitrogens is 2. The van der Waals surface area contributed by atoms with Crippen molar-refractivity contribution < 1.29 is 4.79 Å². The first-order chi connectivity index (χ1) is 14.1. The molecule has 3 fully saturated rings. The van der Waals surface area contributed by atoms with Gasteiger partial charge in [0.05, 0.1) is 11.9 Å². The van der Waals surface area contributed by atoms with Gasteiger partial charge in [-0.15, -0.1) is 0 Å². The molecule has 2 aliphatic heterocycles. The summed E-state index contributed by atoms with van der Waals surface area (Å²) < 4.78 is 0. The van der Waals surface area contributed by atoms with Crippen LogP contribution in [-0.4, -0.2) is 44.9 Å². The van der Waals surface area contributed by atoms with Crippen LogP contribution in [0.5, 0.6) is 0 Å². The van der Waals surface area contributed by atoms with Gasteiger partial charge in [-0.1, -0.05) is 50.1 Å². The summed E-state index contributed by atoms with van der Waals surface area (Å²) in [6, 6.07) is 11.9. The number of piperidine rings is 1. The molecule has 5 nitrogen and oxygen atoms in total. The Morgan fingerprint density at radius 1 is 1.17 bits per heavy atom. The zero-order valence-electron chi connectivity index (χ0n) is 17.3. The quantitative estimate of drug-likeness (QED) is 0.871. The second kappa shape index (κ2) is 7.21. The van der Waals surface area contributed by atoms with E-state index in [1.807, 2.05) is 6.92 Å². The molecular formula is C24H30N4O. The van der Waals surface area contributed by atoms with Crippen LogP contribution in [0, 0.1) is 12.3 Å². The maximum atomic E-state index is 13.6. The number of aryl methyl sites for hydroxylation is 1. The summed E-state index contributed by atoms with van der Waals surface area (Å²) in [5.74, 6) is 0.0543. The first-order valence-electron chi connectivity index (χ1n) is 11.0. The van der Waals surface area contributed by atoms with Gasteiger partial charge in [0.25, 0.3) is 5.91 Å². The molecule has 1 aromatic heterocycles. The van der Waals surface area contributed by atoms with Crippen molar-refractivity contribution in [1.29, 1.82) is 0 Å². The number of amides is 1. The highest BCUT2D eigenvalue weighted by atomic mass is 16.2. The fourth-order valence-electron chi connectivity index (χ4n) is 6.06. The average molecular weight is 391 g/mol. The molecule has 3 heterocycles. The van der Waals surface area contributed by atoms with Crippen LogP contribution in [0.1, 0.15) is 60.8 Å². The van der Waals surface area contributed by atoms with Crippen LogP contribution in [0.25, 0.3) is 0 Å². The van der Waals surface area contributed by atoms with Crippen LogP contribution in [0.4, 0.5) is 0 Å². The number of rotatable bonds is 3. The lowest BCUT2D eigenvalue weighted by molar-refractivity contribution is 0.0605. The van der Waals surface area contributed by atoms with Gasteiger partial charge < -0.3 is 10.2 Å². The Balaban J connectivity index is 1.51. The van der Waals surface area contributed by atoms with E-state index in [1.165, 1.54) is 24.8 Å². The Morgan fingerprint density at radius 3 is 2.72 bits per heavy atom. The number of benzene rings is 1. The molecule has 0 radical (unpaired) electrons. The van der Waals surface area contributed by atoms with E-state index in [2.05, 4.69) is 57.4 Å². The van der Waals surface area contributed by atoms with Crippen molar-refractivity contribution in [3.8, 4) is 0 Å². The Kier molecular flexibility index (Phi) is 4.66. The van der Waals surface area contributed by atoms with Gasteiger partial charge in [-0.2, -0.15) is 0 Å². The van der Waals surface area contributed by atoms with E-state index in [0.717, 1.165) is 25.0 Å². The molecule has 2 bridgehead atoms. The van der Waals surface area contributed by atoms with E-state index in [-0.39, 0.29) is 29.4 Å². The largest absolute Gasteiger partial charge is 0.329 e. The van der Waals surface area contributed by atoms with Crippen LogP contribution < -0.4 is 5.32 Å². The predicted octanol–water partition coefficient (Wildman–Crippen LogP) is 3.53. The van der Waals surface area contributed by atoms with Crippen molar-refractivity contribution in [2.75, 3.05) is 0 Å². The van der Waals surface area contributed by atoms with Crippen molar-refractivity contribution in [3.05, 3.63) is 59.7 Å². The number of carbonyl (C=O) groups excluding carboxylic acids is 1. The molecule has 1 amide bonds. The summed E-state index contributed by atoms with van der Waals surface area (Å²) in [5.41, 5.74) is 2.79. The number of nitrogens with one attached hydrogen (secondary N) is 1. The first kappa shape index (κ1) is 18.7. The number of likely N-dealkylation sites (tertiary alicyclic amines) is 1. The molecule has 2 aromatic rings. The summed E-state index contributed by atoms with van der Waals surface area (Å²) in [5, 5.41) is 3.99. The minimum atomic E-state index is 0.0543. The highest BCUT2D eigenvalue weighted by molar-refractivity contribution is 5.93. The van der Waals surface area contributed by atoms with Crippen LogP contribution in [0.15, 0.2) is 42.7 Å². The van der Waals surface area contributed by atoms with Gasteiger partial charge in [-0.25, -0.2) is 4.98 Å². The summed E-state index contributed by atoms with van der Waals surface area (Å²) in [6.07, 6.45) is 10.1. The zero-order valence-corrected chi connectivity index (χ0v) is 17.3. The molecule has 2 saturated heterocycles. The van der Waals surface area contributed by atoms with Gasteiger partial charge in [0.15, 0.2) is 0 Å². The molecule has 5 heteroatoms. The molecule has 1 aliphatic carbocycles. The molecular weight excluding hydrogens is 360 g/mol. The predicted molar refractivity (Wildman–Crippen MR) is 113 cm³/mol. The van der Waals surface area contributed by atoms with Crippen LogP contribution in [-0.2, 0) is 6.42 Å². The van der Waals surface area contributed by atoms with Crippen LogP contribution >= 0.6 is 0 Å². The summed E-state index contributed by atoms with van der Waals surface area (Å²) in [7, 11) is 0. The molecule has 29 heavy (non-hydrogen) atoms. The number of carbonyl (C=O) groups is 1. The van der Waals surface area contributed by atoms with Gasteiger partial charge in [0, 0.05) is 35.8 Å². The number of nitrogens with zero attached hydrogens (tertiary/aromatic N) is 3. The molecule has 5 atom stereocenters. The van der Waals surface area contributed by atoms with Gasteiger partial charge in [-0.05, 0) is 38.2 Å². The lowest BCUT2D eigenvalue weighted by atomic mass is 9.70.